The second-order valence-corrected chi connectivity index (χ2v) is 4.48. The van der Waals surface area contributed by atoms with Crippen LogP contribution >= 0.6 is 0 Å². The van der Waals surface area contributed by atoms with E-state index in [0.717, 1.165) is 0 Å². The molecule has 1 aliphatic rings. The number of nitrogens with zero attached hydrogens (tertiary/aromatic N) is 2. The molecular formula is C13H18N2O4. The quantitative estimate of drug-likeness (QED) is 0.850. The molecule has 0 bridgehead atoms. The molecule has 1 aliphatic heterocycles. The van der Waals surface area contributed by atoms with Gasteiger partial charge in [-0.25, -0.2) is 4.79 Å². The van der Waals surface area contributed by atoms with Gasteiger partial charge in [0.15, 0.2) is 0 Å². The molecule has 0 radical (unpaired) electrons. The number of piperidine rings is 1. The molecule has 0 spiro atoms. The molecule has 104 valence electrons. The maximum absolute atomic E-state index is 11.1. The Morgan fingerprint density at radius 1 is 1.47 bits per heavy atom. The fourth-order valence-corrected chi connectivity index (χ4v) is 2.11. The Morgan fingerprint density at radius 3 is 2.74 bits per heavy atom. The normalized spacial score (nSPS) is 16.4. The van der Waals surface area contributed by atoms with Crippen LogP contribution in [-0.2, 0) is 0 Å². The van der Waals surface area contributed by atoms with Gasteiger partial charge in [0.1, 0.15) is 11.4 Å². The van der Waals surface area contributed by atoms with Gasteiger partial charge in [-0.3, -0.25) is 0 Å². The number of hydrogen-bond acceptors (Lipinski definition) is 5. The van der Waals surface area contributed by atoms with Gasteiger partial charge in [0.05, 0.1) is 12.7 Å². The number of carboxylic acid groups (broad SMARTS) is 1. The van der Waals surface area contributed by atoms with Crippen LogP contribution in [0.25, 0.3) is 0 Å². The number of hydrogen-bond donors (Lipinski definition) is 2. The van der Waals surface area contributed by atoms with Crippen LogP contribution in [0.4, 0.5) is 5.82 Å². The molecule has 1 fully saturated rings. The van der Waals surface area contributed by atoms with E-state index in [0.29, 0.717) is 38.4 Å². The molecule has 0 amide bonds. The minimum absolute atomic E-state index is 0.0719. The number of ether oxygens (including phenoxy) is 1. The summed E-state index contributed by atoms with van der Waals surface area (Å²) >= 11 is 0. The lowest BCUT2D eigenvalue weighted by Crippen LogP contribution is -2.36. The van der Waals surface area contributed by atoms with Gasteiger partial charge in [-0.1, -0.05) is 0 Å². The molecule has 0 aromatic carbocycles. The molecule has 1 saturated heterocycles. The predicted molar refractivity (Wildman–Crippen MR) is 69.8 cm³/mol. The fourth-order valence-electron chi connectivity index (χ4n) is 2.11. The van der Waals surface area contributed by atoms with Gasteiger partial charge >= 0.3 is 5.97 Å². The van der Waals surface area contributed by atoms with Crippen LogP contribution in [0.2, 0.25) is 0 Å². The summed E-state index contributed by atoms with van der Waals surface area (Å²) in [5, 5.41) is 18.5. The van der Waals surface area contributed by atoms with E-state index in [1.165, 1.54) is 6.07 Å². The summed E-state index contributed by atoms with van der Waals surface area (Å²) in [4.78, 5) is 17.4. The molecule has 1 aromatic heterocycles. The summed E-state index contributed by atoms with van der Waals surface area (Å²) in [6, 6.07) is 3.20. The Morgan fingerprint density at radius 2 is 2.16 bits per heavy atom. The summed E-state index contributed by atoms with van der Waals surface area (Å²) in [6.07, 6.45) is 1.15. The number of aliphatic hydroxyl groups excluding tert-OH is 1. The Kier molecular flexibility index (Phi) is 4.21. The molecule has 6 nitrogen and oxygen atoms in total. The monoisotopic (exact) mass is 266 g/mol. The van der Waals surface area contributed by atoms with Crippen LogP contribution in [-0.4, -0.2) is 47.0 Å². The predicted octanol–water partition coefficient (Wildman–Crippen LogP) is 1.14. The van der Waals surface area contributed by atoms with Crippen LogP contribution in [0.15, 0.2) is 12.1 Å². The van der Waals surface area contributed by atoms with Crippen LogP contribution in [0.3, 0.4) is 0 Å². The smallest absolute Gasteiger partial charge is 0.341 e. The molecule has 2 N–H and O–H groups in total. The van der Waals surface area contributed by atoms with Crippen molar-refractivity contribution in [2.75, 3.05) is 24.6 Å². The zero-order valence-corrected chi connectivity index (χ0v) is 10.9. The van der Waals surface area contributed by atoms with Crippen molar-refractivity contribution in [1.82, 2.24) is 4.98 Å². The van der Waals surface area contributed by atoms with E-state index in [1.807, 2.05) is 4.90 Å². The number of carbonyl (C=O) groups is 1. The number of rotatable bonds is 4. The summed E-state index contributed by atoms with van der Waals surface area (Å²) in [5.41, 5.74) is 0.0719. The van der Waals surface area contributed by atoms with Crippen LogP contribution in [0, 0.1) is 0 Å². The summed E-state index contributed by atoms with van der Waals surface area (Å²) < 4.78 is 5.28. The number of anilines is 1. The number of carboxylic acids is 1. The molecular weight excluding hydrogens is 248 g/mol. The maximum atomic E-state index is 11.1. The number of aromatic carboxylic acids is 1. The zero-order chi connectivity index (χ0) is 13.8. The van der Waals surface area contributed by atoms with Crippen molar-refractivity contribution in [2.45, 2.75) is 25.9 Å². The Hall–Kier alpha value is -1.82. The van der Waals surface area contributed by atoms with Crippen molar-refractivity contribution in [3.8, 4) is 5.88 Å². The van der Waals surface area contributed by atoms with Crippen molar-refractivity contribution in [1.29, 1.82) is 0 Å². The van der Waals surface area contributed by atoms with Gasteiger partial charge in [0.2, 0.25) is 5.88 Å². The van der Waals surface area contributed by atoms with Crippen LogP contribution in [0.5, 0.6) is 5.88 Å². The molecule has 2 heterocycles. The van der Waals surface area contributed by atoms with Gasteiger partial charge in [-0.05, 0) is 31.9 Å². The molecule has 0 aliphatic carbocycles. The first-order valence-electron chi connectivity index (χ1n) is 6.42. The molecule has 19 heavy (non-hydrogen) atoms. The van der Waals surface area contributed by atoms with Crippen LogP contribution in [0.1, 0.15) is 30.1 Å². The highest BCUT2D eigenvalue weighted by Gasteiger charge is 2.20. The molecule has 2 rings (SSSR count). The van der Waals surface area contributed by atoms with E-state index in [9.17, 15) is 9.90 Å². The van der Waals surface area contributed by atoms with E-state index in [4.69, 9.17) is 9.84 Å². The highest BCUT2D eigenvalue weighted by Crippen LogP contribution is 2.24. The van der Waals surface area contributed by atoms with Gasteiger partial charge in [0, 0.05) is 13.1 Å². The molecule has 1 aromatic rings. The third-order valence-electron chi connectivity index (χ3n) is 3.15. The Labute approximate surface area is 111 Å². The van der Waals surface area contributed by atoms with Crippen LogP contribution < -0.4 is 9.64 Å². The van der Waals surface area contributed by atoms with E-state index >= 15 is 0 Å². The molecule has 0 atom stereocenters. The van der Waals surface area contributed by atoms with Crippen molar-refractivity contribution in [2.24, 2.45) is 0 Å². The van der Waals surface area contributed by atoms with E-state index in [1.54, 1.807) is 13.0 Å². The van der Waals surface area contributed by atoms with Gasteiger partial charge in [0.25, 0.3) is 0 Å². The van der Waals surface area contributed by atoms with Crippen molar-refractivity contribution in [3.63, 3.8) is 0 Å². The SMILES string of the molecule is CCOc1nc(N2CCC(O)CC2)ccc1C(=O)O. The van der Waals surface area contributed by atoms with Crippen molar-refractivity contribution in [3.05, 3.63) is 17.7 Å². The van der Waals surface area contributed by atoms with Gasteiger partial charge in [-0.2, -0.15) is 4.98 Å². The lowest BCUT2D eigenvalue weighted by molar-refractivity contribution is 0.0691. The van der Waals surface area contributed by atoms with E-state index < -0.39 is 5.97 Å². The van der Waals surface area contributed by atoms with E-state index in [-0.39, 0.29) is 17.5 Å². The minimum Gasteiger partial charge on any atom is -0.477 e. The number of aromatic nitrogens is 1. The van der Waals surface area contributed by atoms with Gasteiger partial charge < -0.3 is 19.8 Å². The first-order valence-corrected chi connectivity index (χ1v) is 6.42. The first kappa shape index (κ1) is 13.6. The first-order chi connectivity index (χ1) is 9.11. The second kappa shape index (κ2) is 5.88. The third-order valence-corrected chi connectivity index (χ3v) is 3.15. The summed E-state index contributed by atoms with van der Waals surface area (Å²) in [7, 11) is 0. The number of aliphatic hydroxyl groups is 1. The summed E-state index contributed by atoms with van der Waals surface area (Å²) in [6.45, 7) is 3.59. The second-order valence-electron chi connectivity index (χ2n) is 4.48. The average Bonchev–Trinajstić information content (AvgIpc) is 2.39. The molecule has 0 unspecified atom stereocenters. The largest absolute Gasteiger partial charge is 0.477 e. The lowest BCUT2D eigenvalue weighted by atomic mass is 10.1. The standard InChI is InChI=1S/C13H18N2O4/c1-2-19-12-10(13(17)18)3-4-11(14-12)15-7-5-9(16)6-8-15/h3-4,9,16H,2,5-8H2,1H3,(H,17,18). The van der Waals surface area contributed by atoms with Gasteiger partial charge in [-0.15, -0.1) is 0 Å². The third kappa shape index (κ3) is 3.14. The van der Waals surface area contributed by atoms with Crippen molar-refractivity contribution < 1.29 is 19.7 Å². The highest BCUT2D eigenvalue weighted by molar-refractivity contribution is 5.90. The molecule has 6 heteroatoms. The lowest BCUT2D eigenvalue weighted by Gasteiger charge is -2.30. The zero-order valence-electron chi connectivity index (χ0n) is 10.9. The maximum Gasteiger partial charge on any atom is 0.341 e. The van der Waals surface area contributed by atoms with E-state index in [2.05, 4.69) is 4.98 Å². The fraction of sp³-hybridized carbons (Fsp3) is 0.538. The summed E-state index contributed by atoms with van der Waals surface area (Å²) in [5.74, 6) is -0.199. The minimum atomic E-state index is -1.04. The number of pyridine rings is 1. The Bertz CT molecular complexity index is 456. The highest BCUT2D eigenvalue weighted by atomic mass is 16.5. The average molecular weight is 266 g/mol. The molecule has 0 saturated carbocycles. The topological polar surface area (TPSA) is 82.9 Å². The Balaban J connectivity index is 2.22. The van der Waals surface area contributed by atoms with Crippen molar-refractivity contribution >= 4 is 11.8 Å².